The van der Waals surface area contributed by atoms with E-state index in [2.05, 4.69) is 49.2 Å². The van der Waals surface area contributed by atoms with Crippen LogP contribution >= 0.6 is 0 Å². The lowest BCUT2D eigenvalue weighted by Gasteiger charge is -2.35. The zero-order chi connectivity index (χ0) is 13.4. The lowest BCUT2D eigenvalue weighted by molar-refractivity contribution is 0.141. The van der Waals surface area contributed by atoms with Gasteiger partial charge in [0.05, 0.1) is 0 Å². The van der Waals surface area contributed by atoms with Crippen LogP contribution in [0.3, 0.4) is 0 Å². The molecule has 2 unspecified atom stereocenters. The van der Waals surface area contributed by atoms with Crippen molar-refractivity contribution in [1.82, 2.24) is 10.2 Å². The number of fused-ring (bicyclic) bond motifs is 1. The van der Waals surface area contributed by atoms with Gasteiger partial charge in [-0.2, -0.15) is 0 Å². The lowest BCUT2D eigenvalue weighted by Crippen LogP contribution is -2.45. The van der Waals surface area contributed by atoms with E-state index >= 15 is 0 Å². The van der Waals surface area contributed by atoms with Crippen LogP contribution in [0.25, 0.3) is 0 Å². The summed E-state index contributed by atoms with van der Waals surface area (Å²) in [6.45, 7) is 11.7. The number of piperazine rings is 1. The number of hydrogen-bond donors (Lipinski definition) is 1. The van der Waals surface area contributed by atoms with Gasteiger partial charge >= 0.3 is 0 Å². The van der Waals surface area contributed by atoms with Crippen molar-refractivity contribution in [3.05, 3.63) is 34.9 Å². The van der Waals surface area contributed by atoms with Crippen molar-refractivity contribution >= 4 is 0 Å². The molecule has 1 heterocycles. The minimum Gasteiger partial charge on any atom is -0.314 e. The number of hydrogen-bond acceptors (Lipinski definition) is 2. The van der Waals surface area contributed by atoms with Crippen molar-refractivity contribution in [2.24, 2.45) is 5.92 Å². The van der Waals surface area contributed by atoms with Gasteiger partial charge in [-0.15, -0.1) is 0 Å². The summed E-state index contributed by atoms with van der Waals surface area (Å²) >= 11 is 0. The SMILES string of the molecule is CC(C)c1ccc2c(c1)C(N1CCNCC1)C(C)C2. The standard InChI is InChI=1S/C17H26N2/c1-12(2)14-4-5-15-10-13(3)17(16(15)11-14)19-8-6-18-7-9-19/h4-5,11-13,17-18H,6-10H2,1-3H3. The molecule has 0 saturated carbocycles. The number of nitrogens with zero attached hydrogens (tertiary/aromatic N) is 1. The molecule has 1 aliphatic heterocycles. The van der Waals surface area contributed by atoms with Crippen LogP contribution in [0.15, 0.2) is 18.2 Å². The predicted octanol–water partition coefficient (Wildman–Crippen LogP) is 2.95. The van der Waals surface area contributed by atoms with Gasteiger partial charge in [-0.1, -0.05) is 39.0 Å². The van der Waals surface area contributed by atoms with Crippen LogP contribution in [0.2, 0.25) is 0 Å². The molecule has 1 aromatic carbocycles. The molecule has 0 bridgehead atoms. The summed E-state index contributed by atoms with van der Waals surface area (Å²) in [4.78, 5) is 2.69. The molecule has 0 radical (unpaired) electrons. The van der Waals surface area contributed by atoms with Gasteiger partial charge < -0.3 is 5.32 Å². The highest BCUT2D eigenvalue weighted by Crippen LogP contribution is 2.41. The molecule has 0 aromatic heterocycles. The van der Waals surface area contributed by atoms with E-state index in [-0.39, 0.29) is 0 Å². The molecule has 2 heteroatoms. The van der Waals surface area contributed by atoms with Crippen molar-refractivity contribution in [3.63, 3.8) is 0 Å². The first kappa shape index (κ1) is 13.1. The van der Waals surface area contributed by atoms with Crippen molar-refractivity contribution in [3.8, 4) is 0 Å². The van der Waals surface area contributed by atoms with E-state index in [4.69, 9.17) is 0 Å². The molecule has 0 spiro atoms. The van der Waals surface area contributed by atoms with Crippen molar-refractivity contribution in [2.45, 2.75) is 39.2 Å². The molecule has 2 aliphatic rings. The van der Waals surface area contributed by atoms with Crippen LogP contribution < -0.4 is 5.32 Å². The third-order valence-corrected chi connectivity index (χ3v) is 4.78. The Kier molecular flexibility index (Phi) is 3.64. The molecular formula is C17H26N2. The minimum absolute atomic E-state index is 0.630. The quantitative estimate of drug-likeness (QED) is 0.877. The maximum atomic E-state index is 3.46. The summed E-state index contributed by atoms with van der Waals surface area (Å²) in [5.74, 6) is 1.39. The van der Waals surface area contributed by atoms with Gasteiger partial charge in [-0.05, 0) is 34.9 Å². The van der Waals surface area contributed by atoms with Crippen LogP contribution in [0, 0.1) is 5.92 Å². The third-order valence-electron chi connectivity index (χ3n) is 4.78. The molecular weight excluding hydrogens is 232 g/mol. The van der Waals surface area contributed by atoms with Gasteiger partial charge in [0.1, 0.15) is 0 Å². The van der Waals surface area contributed by atoms with Crippen LogP contribution in [0.4, 0.5) is 0 Å². The molecule has 0 amide bonds. The van der Waals surface area contributed by atoms with E-state index in [1.165, 1.54) is 25.1 Å². The first-order chi connectivity index (χ1) is 9.16. The summed E-state index contributed by atoms with van der Waals surface area (Å²) < 4.78 is 0. The molecule has 1 N–H and O–H groups in total. The zero-order valence-corrected chi connectivity index (χ0v) is 12.4. The molecule has 1 saturated heterocycles. The highest BCUT2D eigenvalue weighted by molar-refractivity contribution is 5.40. The maximum absolute atomic E-state index is 3.46. The van der Waals surface area contributed by atoms with Gasteiger partial charge in [-0.3, -0.25) is 4.90 Å². The van der Waals surface area contributed by atoms with Crippen LogP contribution in [-0.4, -0.2) is 31.1 Å². The van der Waals surface area contributed by atoms with Crippen LogP contribution in [-0.2, 0) is 6.42 Å². The van der Waals surface area contributed by atoms with E-state index in [9.17, 15) is 0 Å². The number of rotatable bonds is 2. The van der Waals surface area contributed by atoms with E-state index < -0.39 is 0 Å². The first-order valence-corrected chi connectivity index (χ1v) is 7.74. The molecule has 3 rings (SSSR count). The summed E-state index contributed by atoms with van der Waals surface area (Å²) in [7, 11) is 0. The largest absolute Gasteiger partial charge is 0.314 e. The lowest BCUT2D eigenvalue weighted by atomic mass is 9.95. The van der Waals surface area contributed by atoms with Crippen LogP contribution in [0.1, 0.15) is 49.4 Å². The van der Waals surface area contributed by atoms with E-state index in [1.807, 2.05) is 0 Å². The Morgan fingerprint density at radius 3 is 2.63 bits per heavy atom. The monoisotopic (exact) mass is 258 g/mol. The normalized spacial score (nSPS) is 27.8. The molecule has 1 aliphatic carbocycles. The minimum atomic E-state index is 0.630. The van der Waals surface area contributed by atoms with Crippen molar-refractivity contribution in [2.75, 3.05) is 26.2 Å². The van der Waals surface area contributed by atoms with Gasteiger partial charge in [-0.25, -0.2) is 0 Å². The Labute approximate surface area is 117 Å². The fourth-order valence-corrected chi connectivity index (χ4v) is 3.72. The summed E-state index contributed by atoms with van der Waals surface area (Å²) in [6.07, 6.45) is 1.25. The second-order valence-electron chi connectivity index (χ2n) is 6.53. The fourth-order valence-electron chi connectivity index (χ4n) is 3.72. The smallest absolute Gasteiger partial charge is 0.0380 e. The summed E-state index contributed by atoms with van der Waals surface area (Å²) in [5, 5.41) is 3.46. The summed E-state index contributed by atoms with van der Waals surface area (Å²) in [6, 6.07) is 7.84. The highest BCUT2D eigenvalue weighted by Gasteiger charge is 2.34. The Morgan fingerprint density at radius 2 is 1.95 bits per heavy atom. The molecule has 1 fully saturated rings. The van der Waals surface area contributed by atoms with Gasteiger partial charge in [0, 0.05) is 32.2 Å². The molecule has 19 heavy (non-hydrogen) atoms. The van der Waals surface area contributed by atoms with E-state index in [1.54, 1.807) is 11.1 Å². The number of nitrogens with one attached hydrogen (secondary N) is 1. The molecule has 2 nitrogen and oxygen atoms in total. The van der Waals surface area contributed by atoms with E-state index in [0.29, 0.717) is 12.0 Å². The second-order valence-corrected chi connectivity index (χ2v) is 6.53. The zero-order valence-electron chi connectivity index (χ0n) is 12.4. The predicted molar refractivity (Wildman–Crippen MR) is 80.6 cm³/mol. The average Bonchev–Trinajstić information content (AvgIpc) is 2.74. The van der Waals surface area contributed by atoms with Crippen molar-refractivity contribution in [1.29, 1.82) is 0 Å². The molecule has 104 valence electrons. The van der Waals surface area contributed by atoms with Gasteiger partial charge in [0.25, 0.3) is 0 Å². The molecule has 1 aromatic rings. The maximum Gasteiger partial charge on any atom is 0.0380 e. The number of benzene rings is 1. The third kappa shape index (κ3) is 2.44. The Balaban J connectivity index is 1.92. The fraction of sp³-hybridized carbons (Fsp3) is 0.647. The molecule has 2 atom stereocenters. The Hall–Kier alpha value is -0.860. The first-order valence-electron chi connectivity index (χ1n) is 7.74. The average molecular weight is 258 g/mol. The topological polar surface area (TPSA) is 15.3 Å². The van der Waals surface area contributed by atoms with Crippen molar-refractivity contribution < 1.29 is 0 Å². The Morgan fingerprint density at radius 1 is 1.21 bits per heavy atom. The summed E-state index contributed by atoms with van der Waals surface area (Å²) in [5.41, 5.74) is 4.69. The van der Waals surface area contributed by atoms with E-state index in [0.717, 1.165) is 19.0 Å². The van der Waals surface area contributed by atoms with Gasteiger partial charge in [0.15, 0.2) is 0 Å². The Bertz CT molecular complexity index is 447. The van der Waals surface area contributed by atoms with Crippen LogP contribution in [0.5, 0.6) is 0 Å². The second kappa shape index (κ2) is 5.26. The van der Waals surface area contributed by atoms with Gasteiger partial charge in [0.2, 0.25) is 0 Å². The highest BCUT2D eigenvalue weighted by atomic mass is 15.2.